The highest BCUT2D eigenvalue weighted by atomic mass is 16.6. The fourth-order valence-electron chi connectivity index (χ4n) is 4.10. The highest BCUT2D eigenvalue weighted by Crippen LogP contribution is 2.29. The minimum Gasteiger partial charge on any atom is -0.480 e. The van der Waals surface area contributed by atoms with Crippen molar-refractivity contribution in [1.82, 2.24) is 16.0 Å². The Hall–Kier alpha value is -2.32. The summed E-state index contributed by atoms with van der Waals surface area (Å²) in [6, 6.07) is -1.55. The number of amides is 3. The number of hydrogen-bond acceptors (Lipinski definition) is 5. The number of carbonyl (C=O) groups is 4. The predicted octanol–water partition coefficient (Wildman–Crippen LogP) is 3.46. The van der Waals surface area contributed by atoms with Crippen molar-refractivity contribution < 1.29 is 29.0 Å². The van der Waals surface area contributed by atoms with Crippen LogP contribution in [0.3, 0.4) is 0 Å². The molecule has 1 saturated carbocycles. The topological polar surface area (TPSA) is 134 Å². The zero-order valence-corrected chi connectivity index (χ0v) is 21.9. The van der Waals surface area contributed by atoms with Crippen molar-refractivity contribution in [2.75, 3.05) is 6.54 Å². The summed E-state index contributed by atoms with van der Waals surface area (Å²) in [5.41, 5.74) is -0.648. The summed E-state index contributed by atoms with van der Waals surface area (Å²) in [7, 11) is 0. The first kappa shape index (κ1) is 29.7. The van der Waals surface area contributed by atoms with Crippen LogP contribution in [0.15, 0.2) is 0 Å². The number of carboxylic acid groups (broad SMARTS) is 1. The Morgan fingerprint density at radius 1 is 1.00 bits per heavy atom. The Morgan fingerprint density at radius 2 is 1.59 bits per heavy atom. The molecule has 0 heterocycles. The van der Waals surface area contributed by atoms with Gasteiger partial charge in [0, 0.05) is 12.5 Å². The lowest BCUT2D eigenvalue weighted by atomic mass is 9.81. The van der Waals surface area contributed by atoms with E-state index in [4.69, 9.17) is 4.74 Å². The SMILES string of the molecule is CC[C@@H](C)[C@H](NC(=O)OC(C)(C)C)C(=O)NCC1CCC(C(=O)N[C@@H](CC(C)C)C(=O)O)CC1. The fraction of sp³-hybridized carbons (Fsp3) is 0.840. The first-order valence-electron chi connectivity index (χ1n) is 12.5. The van der Waals surface area contributed by atoms with E-state index in [0.29, 0.717) is 25.8 Å². The van der Waals surface area contributed by atoms with Crippen LogP contribution in [-0.4, -0.2) is 53.2 Å². The molecule has 0 bridgehead atoms. The van der Waals surface area contributed by atoms with E-state index < -0.39 is 29.7 Å². The molecule has 9 nitrogen and oxygen atoms in total. The third kappa shape index (κ3) is 10.7. The smallest absolute Gasteiger partial charge is 0.408 e. The first-order valence-corrected chi connectivity index (χ1v) is 12.5. The van der Waals surface area contributed by atoms with E-state index in [2.05, 4.69) is 16.0 Å². The van der Waals surface area contributed by atoms with Crippen molar-refractivity contribution in [2.24, 2.45) is 23.7 Å². The second-order valence-electron chi connectivity index (χ2n) is 11.0. The summed E-state index contributed by atoms with van der Waals surface area (Å²) in [5.74, 6) is -1.30. The van der Waals surface area contributed by atoms with Crippen LogP contribution in [0.5, 0.6) is 0 Å². The van der Waals surface area contributed by atoms with Crippen LogP contribution in [-0.2, 0) is 19.1 Å². The van der Waals surface area contributed by atoms with Crippen molar-refractivity contribution in [2.45, 2.75) is 105 Å². The maximum absolute atomic E-state index is 12.8. The Kier molecular flexibility index (Phi) is 11.8. The Balaban J connectivity index is 2.55. The molecular weight excluding hydrogens is 438 g/mol. The normalized spacial score (nSPS) is 21.2. The third-order valence-corrected chi connectivity index (χ3v) is 6.27. The van der Waals surface area contributed by atoms with Gasteiger partial charge in [-0.1, -0.05) is 34.1 Å². The fourth-order valence-corrected chi connectivity index (χ4v) is 4.10. The van der Waals surface area contributed by atoms with Gasteiger partial charge in [0.05, 0.1) is 0 Å². The van der Waals surface area contributed by atoms with Gasteiger partial charge in [0.1, 0.15) is 17.7 Å². The second-order valence-corrected chi connectivity index (χ2v) is 11.0. The highest BCUT2D eigenvalue weighted by molar-refractivity contribution is 5.86. The van der Waals surface area contributed by atoms with Crippen molar-refractivity contribution in [3.63, 3.8) is 0 Å². The van der Waals surface area contributed by atoms with Crippen molar-refractivity contribution >= 4 is 23.9 Å². The summed E-state index contributed by atoms with van der Waals surface area (Å²) >= 11 is 0. The number of carbonyl (C=O) groups excluding carboxylic acids is 3. The molecule has 9 heteroatoms. The predicted molar refractivity (Wildman–Crippen MR) is 130 cm³/mol. The molecule has 0 aromatic carbocycles. The largest absolute Gasteiger partial charge is 0.480 e. The molecule has 1 fully saturated rings. The van der Waals surface area contributed by atoms with Gasteiger partial charge in [0.15, 0.2) is 0 Å². The Morgan fingerprint density at radius 3 is 2.06 bits per heavy atom. The number of rotatable bonds is 11. The number of ether oxygens (including phenoxy) is 1. The van der Waals surface area contributed by atoms with Crippen LogP contribution in [0.1, 0.15) is 87.0 Å². The molecule has 0 aliphatic heterocycles. The van der Waals surface area contributed by atoms with E-state index in [0.717, 1.165) is 19.3 Å². The number of nitrogens with one attached hydrogen (secondary N) is 3. The molecule has 0 aromatic heterocycles. The van der Waals surface area contributed by atoms with E-state index in [1.54, 1.807) is 20.8 Å². The molecule has 1 aliphatic rings. The van der Waals surface area contributed by atoms with Gasteiger partial charge in [-0.15, -0.1) is 0 Å². The maximum Gasteiger partial charge on any atom is 0.408 e. The lowest BCUT2D eigenvalue weighted by molar-refractivity contribution is -0.143. The number of aliphatic carboxylic acids is 1. The van der Waals surface area contributed by atoms with Crippen LogP contribution < -0.4 is 16.0 Å². The van der Waals surface area contributed by atoms with Gasteiger partial charge in [0.25, 0.3) is 0 Å². The van der Waals surface area contributed by atoms with Crippen LogP contribution in [0, 0.1) is 23.7 Å². The molecule has 4 N–H and O–H groups in total. The van der Waals surface area contributed by atoms with E-state index in [-0.39, 0.29) is 35.5 Å². The second kappa shape index (κ2) is 13.5. The molecule has 3 atom stereocenters. The number of carboxylic acids is 1. The van der Waals surface area contributed by atoms with Crippen molar-refractivity contribution in [3.05, 3.63) is 0 Å². The average molecular weight is 484 g/mol. The van der Waals surface area contributed by atoms with E-state index in [9.17, 15) is 24.3 Å². The molecule has 3 amide bonds. The molecule has 0 unspecified atom stereocenters. The van der Waals surface area contributed by atoms with Crippen LogP contribution in [0.2, 0.25) is 0 Å². The quantitative estimate of drug-likeness (QED) is 0.356. The minimum absolute atomic E-state index is 0.0556. The summed E-state index contributed by atoms with van der Waals surface area (Å²) < 4.78 is 5.30. The van der Waals surface area contributed by atoms with E-state index in [1.807, 2.05) is 27.7 Å². The van der Waals surface area contributed by atoms with Gasteiger partial charge in [-0.05, 0) is 70.6 Å². The number of alkyl carbamates (subject to hydrolysis) is 1. The third-order valence-electron chi connectivity index (χ3n) is 6.27. The monoisotopic (exact) mass is 483 g/mol. The van der Waals surface area contributed by atoms with Gasteiger partial charge in [-0.3, -0.25) is 9.59 Å². The average Bonchev–Trinajstić information content (AvgIpc) is 2.73. The summed E-state index contributed by atoms with van der Waals surface area (Å²) in [6.45, 7) is 13.5. The molecule has 1 aliphatic carbocycles. The Labute approximate surface area is 204 Å². The number of hydrogen-bond donors (Lipinski definition) is 4. The van der Waals surface area contributed by atoms with Crippen LogP contribution >= 0.6 is 0 Å². The molecule has 0 saturated heterocycles. The summed E-state index contributed by atoms with van der Waals surface area (Å²) in [5, 5.41) is 17.7. The standard InChI is InChI=1S/C25H45N3O6/c1-8-16(4)20(28-24(33)34-25(5,6)7)22(30)26-14-17-9-11-18(12-10-17)21(29)27-19(23(31)32)13-15(2)3/h15-20H,8-14H2,1-7H3,(H,26,30)(H,27,29)(H,28,33)(H,31,32)/t16-,17?,18?,19+,20+/m1/s1. The van der Waals surface area contributed by atoms with Crippen LogP contribution in [0.25, 0.3) is 0 Å². The maximum atomic E-state index is 12.8. The summed E-state index contributed by atoms with van der Waals surface area (Å²) in [6.07, 6.45) is 3.37. The lowest BCUT2D eigenvalue weighted by Gasteiger charge is -2.30. The van der Waals surface area contributed by atoms with E-state index in [1.165, 1.54) is 0 Å². The van der Waals surface area contributed by atoms with Crippen molar-refractivity contribution in [3.8, 4) is 0 Å². The Bertz CT molecular complexity index is 695. The molecular formula is C25H45N3O6. The van der Waals surface area contributed by atoms with Gasteiger partial charge in [-0.25, -0.2) is 9.59 Å². The zero-order valence-electron chi connectivity index (χ0n) is 21.9. The first-order chi connectivity index (χ1) is 15.7. The minimum atomic E-state index is -1.01. The summed E-state index contributed by atoms with van der Waals surface area (Å²) in [4.78, 5) is 49.0. The van der Waals surface area contributed by atoms with Gasteiger partial charge >= 0.3 is 12.1 Å². The molecule has 1 rings (SSSR count). The lowest BCUT2D eigenvalue weighted by Crippen LogP contribution is -2.52. The molecule has 196 valence electrons. The van der Waals surface area contributed by atoms with Crippen LogP contribution in [0.4, 0.5) is 4.79 Å². The van der Waals surface area contributed by atoms with Gasteiger partial charge in [0.2, 0.25) is 11.8 Å². The molecule has 34 heavy (non-hydrogen) atoms. The highest BCUT2D eigenvalue weighted by Gasteiger charge is 2.31. The zero-order chi connectivity index (χ0) is 26.1. The van der Waals surface area contributed by atoms with Crippen molar-refractivity contribution in [1.29, 1.82) is 0 Å². The molecule has 0 aromatic rings. The van der Waals surface area contributed by atoms with E-state index >= 15 is 0 Å². The molecule has 0 radical (unpaired) electrons. The van der Waals surface area contributed by atoms with Gasteiger partial charge < -0.3 is 25.8 Å². The molecule has 0 spiro atoms. The van der Waals surface area contributed by atoms with Gasteiger partial charge in [-0.2, -0.15) is 0 Å².